The molecule has 150 valence electrons. The molecule has 1 unspecified atom stereocenters. The maximum atomic E-state index is 6.08. The van der Waals surface area contributed by atoms with E-state index >= 15 is 0 Å². The largest absolute Gasteiger partial charge is 0.366 e. The summed E-state index contributed by atoms with van der Waals surface area (Å²) < 4.78 is 1.71. The fourth-order valence-electron chi connectivity index (χ4n) is 3.01. The first kappa shape index (κ1) is 20.6. The predicted molar refractivity (Wildman–Crippen MR) is 116 cm³/mol. The van der Waals surface area contributed by atoms with Gasteiger partial charge in [0.2, 0.25) is 5.95 Å². The molecule has 0 saturated heterocycles. The third-order valence-corrected chi connectivity index (χ3v) is 5.18. The molecule has 0 aliphatic rings. The first-order valence-electron chi connectivity index (χ1n) is 9.35. The molecule has 0 fully saturated rings. The minimum Gasteiger partial charge on any atom is -0.366 e. The highest BCUT2D eigenvalue weighted by molar-refractivity contribution is 6.42. The molecule has 2 heterocycles. The van der Waals surface area contributed by atoms with E-state index in [9.17, 15) is 0 Å². The van der Waals surface area contributed by atoms with Crippen LogP contribution < -0.4 is 10.6 Å². The van der Waals surface area contributed by atoms with E-state index in [0.29, 0.717) is 21.8 Å². The molecule has 1 atom stereocenters. The zero-order valence-electron chi connectivity index (χ0n) is 16.5. The highest BCUT2D eigenvalue weighted by Gasteiger charge is 2.14. The van der Waals surface area contributed by atoms with Crippen molar-refractivity contribution in [3.63, 3.8) is 0 Å². The van der Waals surface area contributed by atoms with Crippen LogP contribution in [0.3, 0.4) is 0 Å². The molecule has 7 nitrogen and oxygen atoms in total. The van der Waals surface area contributed by atoms with Crippen molar-refractivity contribution < 1.29 is 0 Å². The Hall–Kier alpha value is -2.09. The Labute approximate surface area is 175 Å². The summed E-state index contributed by atoms with van der Waals surface area (Å²) in [5.74, 6) is 1.83. The maximum Gasteiger partial charge on any atom is 0.256 e. The van der Waals surface area contributed by atoms with Gasteiger partial charge in [0.1, 0.15) is 5.82 Å². The molecule has 0 amide bonds. The van der Waals surface area contributed by atoms with Crippen molar-refractivity contribution in [1.82, 2.24) is 24.5 Å². The van der Waals surface area contributed by atoms with Gasteiger partial charge < -0.3 is 15.5 Å². The molecule has 2 N–H and O–H groups in total. The van der Waals surface area contributed by atoms with Crippen LogP contribution >= 0.6 is 23.2 Å². The number of halogens is 2. The number of rotatable bonds is 8. The van der Waals surface area contributed by atoms with Gasteiger partial charge in [-0.05, 0) is 45.1 Å². The van der Waals surface area contributed by atoms with E-state index in [-0.39, 0.29) is 6.04 Å². The van der Waals surface area contributed by atoms with E-state index in [1.54, 1.807) is 16.6 Å². The summed E-state index contributed by atoms with van der Waals surface area (Å²) in [4.78, 5) is 11.3. The molecule has 0 radical (unpaired) electrons. The van der Waals surface area contributed by atoms with Gasteiger partial charge in [-0.2, -0.15) is 9.50 Å². The normalized spacial score (nSPS) is 12.5. The van der Waals surface area contributed by atoms with E-state index in [1.807, 2.05) is 19.1 Å². The van der Waals surface area contributed by atoms with E-state index in [2.05, 4.69) is 51.4 Å². The number of nitrogens with one attached hydrogen (secondary N) is 2. The second-order valence-corrected chi connectivity index (χ2v) is 7.53. The number of benzene rings is 1. The lowest BCUT2D eigenvalue weighted by atomic mass is 10.3. The fraction of sp³-hybridized carbons (Fsp3) is 0.421. The summed E-state index contributed by atoms with van der Waals surface area (Å²) in [5, 5.41) is 12.2. The monoisotopic (exact) mass is 421 g/mol. The van der Waals surface area contributed by atoms with Gasteiger partial charge in [0.25, 0.3) is 5.78 Å². The topological polar surface area (TPSA) is 70.4 Å². The van der Waals surface area contributed by atoms with Gasteiger partial charge in [0.15, 0.2) is 0 Å². The Kier molecular flexibility index (Phi) is 6.59. The zero-order valence-corrected chi connectivity index (χ0v) is 18.0. The van der Waals surface area contributed by atoms with Gasteiger partial charge in [-0.1, -0.05) is 37.0 Å². The maximum absolute atomic E-state index is 6.08. The minimum atomic E-state index is 0.251. The van der Waals surface area contributed by atoms with Gasteiger partial charge in [-0.3, -0.25) is 0 Å². The number of aryl methyl sites for hydroxylation is 1. The Balaban J connectivity index is 1.84. The van der Waals surface area contributed by atoms with E-state index < -0.39 is 0 Å². The Morgan fingerprint density at radius 1 is 1.11 bits per heavy atom. The first-order valence-corrected chi connectivity index (χ1v) is 10.1. The highest BCUT2D eigenvalue weighted by Crippen LogP contribution is 2.26. The fourth-order valence-corrected chi connectivity index (χ4v) is 3.31. The van der Waals surface area contributed by atoms with Crippen LogP contribution in [0.25, 0.3) is 5.78 Å². The summed E-state index contributed by atoms with van der Waals surface area (Å²) in [6.07, 6.45) is 0. The number of nitrogens with zero attached hydrogens (tertiary/aromatic N) is 5. The van der Waals surface area contributed by atoms with Crippen LogP contribution in [0.2, 0.25) is 10.0 Å². The van der Waals surface area contributed by atoms with Crippen molar-refractivity contribution in [2.75, 3.05) is 30.3 Å². The highest BCUT2D eigenvalue weighted by atomic mass is 35.5. The quantitative estimate of drug-likeness (QED) is 0.552. The lowest BCUT2D eigenvalue weighted by Gasteiger charge is -2.24. The Morgan fingerprint density at radius 2 is 1.86 bits per heavy atom. The van der Waals surface area contributed by atoms with Crippen molar-refractivity contribution in [3.05, 3.63) is 40.0 Å². The van der Waals surface area contributed by atoms with E-state index in [0.717, 1.165) is 36.8 Å². The van der Waals surface area contributed by atoms with Crippen LogP contribution in [-0.2, 0) is 0 Å². The van der Waals surface area contributed by atoms with E-state index in [1.165, 1.54) is 0 Å². The summed E-state index contributed by atoms with van der Waals surface area (Å²) in [6.45, 7) is 11.4. The Bertz CT molecular complexity index is 953. The molecule has 3 aromatic rings. The second-order valence-electron chi connectivity index (χ2n) is 6.72. The van der Waals surface area contributed by atoms with Crippen molar-refractivity contribution >= 4 is 46.4 Å². The standard InChI is InChI=1S/C19H25Cl2N7/c1-5-27(6-2)11-13(4)22-17-9-12(3)23-19-25-18(26-28(17)19)24-14-7-8-15(20)16(21)10-14/h7-10,13,22H,5-6,11H2,1-4H3,(H,24,26). The summed E-state index contributed by atoms with van der Waals surface area (Å²) >= 11 is 12.1. The second kappa shape index (κ2) is 8.94. The average Bonchev–Trinajstić information content (AvgIpc) is 3.05. The first-order chi connectivity index (χ1) is 13.4. The van der Waals surface area contributed by atoms with Crippen LogP contribution in [-0.4, -0.2) is 50.2 Å². The SMILES string of the molecule is CCN(CC)CC(C)Nc1cc(C)nc2nc(Nc3ccc(Cl)c(Cl)c3)nn12. The number of hydrogen-bond donors (Lipinski definition) is 2. The number of hydrogen-bond acceptors (Lipinski definition) is 6. The van der Waals surface area contributed by atoms with E-state index in [4.69, 9.17) is 23.2 Å². The van der Waals surface area contributed by atoms with Crippen LogP contribution in [0.1, 0.15) is 26.5 Å². The lowest BCUT2D eigenvalue weighted by molar-refractivity contribution is 0.294. The van der Waals surface area contributed by atoms with Crippen LogP contribution in [0.4, 0.5) is 17.5 Å². The summed E-state index contributed by atoms with van der Waals surface area (Å²) in [7, 11) is 0. The molecule has 3 rings (SSSR count). The van der Waals surface area contributed by atoms with Crippen molar-refractivity contribution in [1.29, 1.82) is 0 Å². The third kappa shape index (κ3) is 4.84. The molecule has 0 saturated carbocycles. The minimum absolute atomic E-state index is 0.251. The Morgan fingerprint density at radius 3 is 2.54 bits per heavy atom. The van der Waals surface area contributed by atoms with Crippen LogP contribution in [0.5, 0.6) is 0 Å². The number of fused-ring (bicyclic) bond motifs is 1. The zero-order chi connectivity index (χ0) is 20.3. The van der Waals surface area contributed by atoms with Gasteiger partial charge in [-0.15, -0.1) is 5.10 Å². The summed E-state index contributed by atoms with van der Waals surface area (Å²) in [5.41, 5.74) is 1.63. The number of likely N-dealkylation sites (N-methyl/N-ethyl adjacent to an activating group) is 1. The van der Waals surface area contributed by atoms with Crippen molar-refractivity contribution in [2.45, 2.75) is 33.7 Å². The van der Waals surface area contributed by atoms with Gasteiger partial charge in [-0.25, -0.2) is 4.98 Å². The molecule has 9 heteroatoms. The molecule has 0 aliphatic carbocycles. The smallest absolute Gasteiger partial charge is 0.256 e. The van der Waals surface area contributed by atoms with Crippen molar-refractivity contribution in [2.24, 2.45) is 0 Å². The molecular weight excluding hydrogens is 397 g/mol. The van der Waals surface area contributed by atoms with Gasteiger partial charge >= 0.3 is 0 Å². The molecular formula is C19H25Cl2N7. The van der Waals surface area contributed by atoms with Gasteiger partial charge in [0, 0.05) is 30.0 Å². The van der Waals surface area contributed by atoms with Crippen LogP contribution in [0, 0.1) is 6.92 Å². The molecule has 2 aromatic heterocycles. The molecule has 0 bridgehead atoms. The summed E-state index contributed by atoms with van der Waals surface area (Å²) in [6, 6.07) is 7.51. The van der Waals surface area contributed by atoms with Crippen LogP contribution in [0.15, 0.2) is 24.3 Å². The lowest BCUT2D eigenvalue weighted by Crippen LogP contribution is -2.35. The molecule has 0 spiro atoms. The van der Waals surface area contributed by atoms with Crippen molar-refractivity contribution in [3.8, 4) is 0 Å². The number of aromatic nitrogens is 4. The number of anilines is 3. The molecule has 28 heavy (non-hydrogen) atoms. The van der Waals surface area contributed by atoms with Gasteiger partial charge in [0.05, 0.1) is 10.0 Å². The predicted octanol–water partition coefficient (Wildman–Crippen LogP) is 4.63. The molecule has 0 aliphatic heterocycles. The molecule has 1 aromatic carbocycles. The average molecular weight is 422 g/mol. The third-order valence-electron chi connectivity index (χ3n) is 4.44.